The van der Waals surface area contributed by atoms with Crippen LogP contribution in [0, 0.1) is 12.8 Å². The van der Waals surface area contributed by atoms with Crippen LogP contribution in [-0.4, -0.2) is 41.3 Å². The van der Waals surface area contributed by atoms with Crippen molar-refractivity contribution in [2.24, 2.45) is 5.92 Å². The van der Waals surface area contributed by atoms with Gasteiger partial charge in [-0.3, -0.25) is 4.79 Å². The van der Waals surface area contributed by atoms with Crippen molar-refractivity contribution in [3.8, 4) is 0 Å². The lowest BCUT2D eigenvalue weighted by Crippen LogP contribution is -2.41. The highest BCUT2D eigenvalue weighted by molar-refractivity contribution is 7.89. The number of aryl methyl sites for hydroxylation is 2. The van der Waals surface area contributed by atoms with Gasteiger partial charge in [0, 0.05) is 42.5 Å². The van der Waals surface area contributed by atoms with Crippen LogP contribution in [0.25, 0.3) is 0 Å². The number of sulfonamides is 1. The zero-order valence-corrected chi connectivity index (χ0v) is 16.9. The molecule has 0 aliphatic carbocycles. The number of anilines is 1. The molecule has 0 radical (unpaired) electrons. The van der Waals surface area contributed by atoms with Crippen LogP contribution in [0.4, 0.5) is 5.69 Å². The number of rotatable bonds is 5. The average molecular weight is 411 g/mol. The molecule has 9 heteroatoms. The second kappa shape index (κ2) is 8.00. The molecule has 1 amide bonds. The number of aromatic nitrogens is 2. The van der Waals surface area contributed by atoms with E-state index in [4.69, 9.17) is 11.6 Å². The first-order valence-corrected chi connectivity index (χ1v) is 10.7. The molecule has 0 spiro atoms. The summed E-state index contributed by atoms with van der Waals surface area (Å²) in [5.74, 6) is -0.341. The van der Waals surface area contributed by atoms with Crippen LogP contribution in [0.1, 0.15) is 25.3 Å². The van der Waals surface area contributed by atoms with Gasteiger partial charge in [-0.2, -0.15) is 4.31 Å². The Balaban J connectivity index is 1.60. The normalized spacial score (nSPS) is 16.4. The second-order valence-corrected chi connectivity index (χ2v) is 8.97. The van der Waals surface area contributed by atoms with Gasteiger partial charge in [0.15, 0.2) is 5.03 Å². The van der Waals surface area contributed by atoms with E-state index in [1.165, 1.54) is 16.8 Å². The SMILES string of the molecule is CCn1cnc(S(=O)(=O)N2CCC(C(=O)Nc3ccc(C)c(Cl)c3)CC2)c1. The standard InChI is InChI=1S/C18H23ClN4O3S/c1-3-22-11-17(20-12-22)27(25,26)23-8-6-14(7-9-23)18(24)21-15-5-4-13(2)16(19)10-15/h4-5,10-12,14H,3,6-9H2,1-2H3,(H,21,24). The molecule has 1 aromatic carbocycles. The molecule has 0 atom stereocenters. The molecular formula is C18H23ClN4O3S. The molecule has 1 saturated heterocycles. The maximum absolute atomic E-state index is 12.7. The van der Waals surface area contributed by atoms with Crippen LogP contribution in [-0.2, 0) is 21.4 Å². The molecule has 0 bridgehead atoms. The lowest BCUT2D eigenvalue weighted by Gasteiger charge is -2.30. The average Bonchev–Trinajstić information content (AvgIpc) is 3.15. The third-order valence-electron chi connectivity index (χ3n) is 4.84. The number of imidazole rings is 1. The third kappa shape index (κ3) is 4.34. The first kappa shape index (κ1) is 19.9. The van der Waals surface area contributed by atoms with E-state index < -0.39 is 10.0 Å². The molecule has 0 unspecified atom stereocenters. The lowest BCUT2D eigenvalue weighted by atomic mass is 9.97. The summed E-state index contributed by atoms with van der Waals surface area (Å²) in [7, 11) is -3.62. The molecule has 1 aliphatic heterocycles. The van der Waals surface area contributed by atoms with E-state index in [-0.39, 0.29) is 16.9 Å². The van der Waals surface area contributed by atoms with Gasteiger partial charge in [0.05, 0.1) is 6.33 Å². The van der Waals surface area contributed by atoms with E-state index in [0.29, 0.717) is 43.2 Å². The molecule has 1 aliphatic rings. The molecular weight excluding hydrogens is 388 g/mol. The van der Waals surface area contributed by atoms with Crippen molar-refractivity contribution in [3.63, 3.8) is 0 Å². The Morgan fingerprint density at radius 2 is 2.04 bits per heavy atom. The van der Waals surface area contributed by atoms with Gasteiger partial charge in [-0.25, -0.2) is 13.4 Å². The molecule has 1 aromatic heterocycles. The van der Waals surface area contributed by atoms with E-state index in [1.807, 2.05) is 26.0 Å². The summed E-state index contributed by atoms with van der Waals surface area (Å²) in [5, 5.41) is 3.52. The van der Waals surface area contributed by atoms with E-state index >= 15 is 0 Å². The number of carbonyl (C=O) groups is 1. The number of nitrogens with zero attached hydrogens (tertiary/aromatic N) is 3. The highest BCUT2D eigenvalue weighted by atomic mass is 35.5. The van der Waals surface area contributed by atoms with Crippen molar-refractivity contribution in [2.75, 3.05) is 18.4 Å². The smallest absolute Gasteiger partial charge is 0.262 e. The van der Waals surface area contributed by atoms with Gasteiger partial charge in [-0.15, -0.1) is 0 Å². The molecule has 2 heterocycles. The van der Waals surface area contributed by atoms with Crippen LogP contribution in [0.15, 0.2) is 35.7 Å². The predicted molar refractivity (Wildman–Crippen MR) is 104 cm³/mol. The van der Waals surface area contributed by atoms with Crippen molar-refractivity contribution in [1.29, 1.82) is 0 Å². The minimum atomic E-state index is -3.62. The van der Waals surface area contributed by atoms with E-state index in [9.17, 15) is 13.2 Å². The molecule has 1 fully saturated rings. The van der Waals surface area contributed by atoms with Crippen LogP contribution >= 0.6 is 11.6 Å². The van der Waals surface area contributed by atoms with Gasteiger partial charge in [-0.1, -0.05) is 17.7 Å². The largest absolute Gasteiger partial charge is 0.336 e. The van der Waals surface area contributed by atoms with Crippen LogP contribution in [0.3, 0.4) is 0 Å². The Hall–Kier alpha value is -1.90. The summed E-state index contributed by atoms with van der Waals surface area (Å²) in [6.07, 6.45) is 3.99. The van der Waals surface area contributed by atoms with Crippen LogP contribution in [0.5, 0.6) is 0 Å². The topological polar surface area (TPSA) is 84.3 Å². The predicted octanol–water partition coefficient (Wildman–Crippen LogP) is 2.90. The highest BCUT2D eigenvalue weighted by Crippen LogP contribution is 2.25. The summed E-state index contributed by atoms with van der Waals surface area (Å²) < 4.78 is 28.5. The van der Waals surface area contributed by atoms with Crippen molar-refractivity contribution in [1.82, 2.24) is 13.9 Å². The minimum Gasteiger partial charge on any atom is -0.336 e. The van der Waals surface area contributed by atoms with Gasteiger partial charge in [-0.05, 0) is 44.4 Å². The van der Waals surface area contributed by atoms with Crippen molar-refractivity contribution >= 4 is 33.2 Å². The number of carbonyl (C=O) groups excluding carboxylic acids is 1. The Labute approximate surface area is 164 Å². The minimum absolute atomic E-state index is 0.0570. The van der Waals surface area contributed by atoms with E-state index in [1.54, 1.807) is 10.6 Å². The Bertz CT molecular complexity index is 934. The number of hydrogen-bond acceptors (Lipinski definition) is 4. The summed E-state index contributed by atoms with van der Waals surface area (Å²) in [5.41, 5.74) is 1.59. The van der Waals surface area contributed by atoms with Crippen molar-refractivity contribution < 1.29 is 13.2 Å². The number of benzene rings is 1. The fourth-order valence-corrected chi connectivity index (χ4v) is 4.64. The van der Waals surface area contributed by atoms with Crippen LogP contribution < -0.4 is 5.32 Å². The maximum atomic E-state index is 12.7. The molecule has 3 rings (SSSR count). The Morgan fingerprint density at radius 3 is 2.63 bits per heavy atom. The van der Waals surface area contributed by atoms with Crippen LogP contribution in [0.2, 0.25) is 5.02 Å². The summed E-state index contributed by atoms with van der Waals surface area (Å²) in [6.45, 7) is 5.08. The van der Waals surface area contributed by atoms with Crippen molar-refractivity contribution in [2.45, 2.75) is 38.3 Å². The molecule has 2 aromatic rings. The summed E-state index contributed by atoms with van der Waals surface area (Å²) in [6, 6.07) is 5.38. The molecule has 7 nitrogen and oxygen atoms in total. The van der Waals surface area contributed by atoms with Gasteiger partial charge in [0.2, 0.25) is 5.91 Å². The molecule has 1 N–H and O–H groups in total. The maximum Gasteiger partial charge on any atom is 0.262 e. The fourth-order valence-electron chi connectivity index (χ4n) is 3.05. The highest BCUT2D eigenvalue weighted by Gasteiger charge is 2.33. The first-order chi connectivity index (χ1) is 12.8. The second-order valence-electron chi connectivity index (χ2n) is 6.67. The molecule has 146 valence electrons. The van der Waals surface area contributed by atoms with Crippen molar-refractivity contribution in [3.05, 3.63) is 41.3 Å². The lowest BCUT2D eigenvalue weighted by molar-refractivity contribution is -0.120. The number of nitrogens with one attached hydrogen (secondary N) is 1. The number of piperidine rings is 1. The van der Waals surface area contributed by atoms with E-state index in [2.05, 4.69) is 10.3 Å². The summed E-state index contributed by atoms with van der Waals surface area (Å²) in [4.78, 5) is 16.5. The van der Waals surface area contributed by atoms with Gasteiger partial charge < -0.3 is 9.88 Å². The Morgan fingerprint density at radius 1 is 1.33 bits per heavy atom. The number of hydrogen-bond donors (Lipinski definition) is 1. The fraction of sp³-hybridized carbons (Fsp3) is 0.444. The number of amides is 1. The third-order valence-corrected chi connectivity index (χ3v) is 7.03. The zero-order valence-electron chi connectivity index (χ0n) is 15.4. The van der Waals surface area contributed by atoms with Gasteiger partial charge in [0.25, 0.3) is 10.0 Å². The number of halogens is 1. The quantitative estimate of drug-likeness (QED) is 0.821. The Kier molecular flexibility index (Phi) is 5.88. The van der Waals surface area contributed by atoms with Gasteiger partial charge >= 0.3 is 0 Å². The molecule has 27 heavy (non-hydrogen) atoms. The summed E-state index contributed by atoms with van der Waals surface area (Å²) >= 11 is 6.09. The van der Waals surface area contributed by atoms with E-state index in [0.717, 1.165) is 5.56 Å². The monoisotopic (exact) mass is 410 g/mol. The zero-order chi connectivity index (χ0) is 19.6. The molecule has 0 saturated carbocycles. The first-order valence-electron chi connectivity index (χ1n) is 8.90. The van der Waals surface area contributed by atoms with Gasteiger partial charge in [0.1, 0.15) is 0 Å².